The van der Waals surface area contributed by atoms with E-state index in [1.165, 1.54) is 4.57 Å². The van der Waals surface area contributed by atoms with Crippen LogP contribution in [0.4, 0.5) is 17.5 Å². The average molecular weight is 401 g/mol. The van der Waals surface area contributed by atoms with Crippen molar-refractivity contribution in [2.45, 2.75) is 37.8 Å². The zero-order valence-corrected chi connectivity index (χ0v) is 16.1. The summed E-state index contributed by atoms with van der Waals surface area (Å²) in [6.45, 7) is 0. The molecule has 146 valence electrons. The Hall–Kier alpha value is -2.71. The normalized spacial score (nSPS) is 19.5. The van der Waals surface area contributed by atoms with Crippen LogP contribution in [0.3, 0.4) is 0 Å². The Morgan fingerprint density at radius 1 is 1.21 bits per heavy atom. The maximum absolute atomic E-state index is 12.8. The standard InChI is InChI=1S/C19H21ClN6O2/c1-26-10-14(20)13-8-15(24-16-9-21-6-7-22-16)25-18(17(13)19(26)28)23-11-2-4-12(27)5-3-11/h6-12,27H,2-5H2,1H3,(H2,22,23,24,25)/t11-,12+. The molecular weight excluding hydrogens is 380 g/mol. The molecule has 3 aromatic rings. The van der Waals surface area contributed by atoms with Crippen molar-refractivity contribution in [3.63, 3.8) is 0 Å². The maximum atomic E-state index is 12.8. The highest BCUT2D eigenvalue weighted by molar-refractivity contribution is 6.35. The lowest BCUT2D eigenvalue weighted by atomic mass is 9.93. The van der Waals surface area contributed by atoms with Gasteiger partial charge in [0.1, 0.15) is 17.5 Å². The lowest BCUT2D eigenvalue weighted by Gasteiger charge is -2.27. The molecule has 0 unspecified atom stereocenters. The van der Waals surface area contributed by atoms with E-state index in [0.29, 0.717) is 33.2 Å². The van der Waals surface area contributed by atoms with Crippen molar-refractivity contribution >= 4 is 39.8 Å². The van der Waals surface area contributed by atoms with Crippen LogP contribution in [0.1, 0.15) is 25.7 Å². The topological polar surface area (TPSA) is 105 Å². The molecule has 1 aliphatic rings. The van der Waals surface area contributed by atoms with Crippen LogP contribution in [0.2, 0.25) is 5.02 Å². The SMILES string of the molecule is Cn1cc(Cl)c2cc(Nc3cnccn3)nc(N[C@H]3CC[C@@H](O)CC3)c2c1=O. The fourth-order valence-corrected chi connectivity index (χ4v) is 3.80. The van der Waals surface area contributed by atoms with Crippen molar-refractivity contribution in [1.82, 2.24) is 19.5 Å². The molecule has 3 aromatic heterocycles. The summed E-state index contributed by atoms with van der Waals surface area (Å²) in [5, 5.41) is 17.8. The van der Waals surface area contributed by atoms with E-state index in [-0.39, 0.29) is 17.7 Å². The number of fused-ring (bicyclic) bond motifs is 1. The summed E-state index contributed by atoms with van der Waals surface area (Å²) in [5.74, 6) is 1.54. The van der Waals surface area contributed by atoms with Gasteiger partial charge in [0, 0.05) is 37.1 Å². The van der Waals surface area contributed by atoms with Gasteiger partial charge in [-0.1, -0.05) is 11.6 Å². The molecule has 4 rings (SSSR count). The van der Waals surface area contributed by atoms with E-state index in [2.05, 4.69) is 25.6 Å². The number of pyridine rings is 2. The third-order valence-electron chi connectivity index (χ3n) is 4.97. The van der Waals surface area contributed by atoms with Crippen LogP contribution in [0.15, 0.2) is 35.6 Å². The predicted octanol–water partition coefficient (Wildman–Crippen LogP) is 2.84. The van der Waals surface area contributed by atoms with Gasteiger partial charge < -0.3 is 20.3 Å². The first kappa shape index (κ1) is 18.6. The van der Waals surface area contributed by atoms with E-state index in [4.69, 9.17) is 11.6 Å². The number of aliphatic hydroxyl groups is 1. The number of aliphatic hydroxyl groups excluding tert-OH is 1. The van der Waals surface area contributed by atoms with Gasteiger partial charge in [-0.15, -0.1) is 0 Å². The number of aromatic nitrogens is 4. The molecule has 8 nitrogen and oxygen atoms in total. The lowest BCUT2D eigenvalue weighted by Crippen LogP contribution is -2.29. The highest BCUT2D eigenvalue weighted by Crippen LogP contribution is 2.30. The number of anilines is 3. The molecule has 3 heterocycles. The van der Waals surface area contributed by atoms with Crippen LogP contribution in [0, 0.1) is 0 Å². The molecule has 0 aromatic carbocycles. The molecule has 1 aliphatic carbocycles. The van der Waals surface area contributed by atoms with Crippen molar-refractivity contribution in [2.75, 3.05) is 10.6 Å². The number of rotatable bonds is 4. The number of nitrogens with zero attached hydrogens (tertiary/aromatic N) is 4. The van der Waals surface area contributed by atoms with Gasteiger partial charge in [0.25, 0.3) is 5.56 Å². The number of halogens is 1. The second-order valence-corrected chi connectivity index (χ2v) is 7.44. The Morgan fingerprint density at radius 2 is 2.00 bits per heavy atom. The quantitative estimate of drug-likeness (QED) is 0.618. The second-order valence-electron chi connectivity index (χ2n) is 7.04. The smallest absolute Gasteiger partial charge is 0.262 e. The number of hydrogen-bond donors (Lipinski definition) is 3. The summed E-state index contributed by atoms with van der Waals surface area (Å²) >= 11 is 6.44. The molecule has 1 saturated carbocycles. The molecule has 0 radical (unpaired) electrons. The zero-order valence-electron chi connectivity index (χ0n) is 15.4. The van der Waals surface area contributed by atoms with Crippen molar-refractivity contribution in [3.8, 4) is 0 Å². The lowest BCUT2D eigenvalue weighted by molar-refractivity contribution is 0.126. The summed E-state index contributed by atoms with van der Waals surface area (Å²) in [6.07, 6.45) is 9.18. The van der Waals surface area contributed by atoms with Crippen LogP contribution >= 0.6 is 11.6 Å². The Balaban J connectivity index is 1.78. The minimum absolute atomic E-state index is 0.134. The molecule has 3 N–H and O–H groups in total. The van der Waals surface area contributed by atoms with Gasteiger partial charge in [-0.2, -0.15) is 0 Å². The number of nitrogens with one attached hydrogen (secondary N) is 2. The molecule has 28 heavy (non-hydrogen) atoms. The van der Waals surface area contributed by atoms with Gasteiger partial charge in [0.2, 0.25) is 0 Å². The molecular formula is C19H21ClN6O2. The molecule has 0 bridgehead atoms. The molecule has 0 saturated heterocycles. The van der Waals surface area contributed by atoms with Crippen LogP contribution in [-0.4, -0.2) is 36.8 Å². The molecule has 9 heteroatoms. The molecule has 0 aliphatic heterocycles. The zero-order chi connectivity index (χ0) is 19.7. The first-order chi connectivity index (χ1) is 13.5. The largest absolute Gasteiger partial charge is 0.393 e. The molecule has 1 fully saturated rings. The van der Waals surface area contributed by atoms with E-state index in [1.807, 2.05) is 0 Å². The third-order valence-corrected chi connectivity index (χ3v) is 5.28. The van der Waals surface area contributed by atoms with Crippen molar-refractivity contribution in [2.24, 2.45) is 7.05 Å². The predicted molar refractivity (Wildman–Crippen MR) is 109 cm³/mol. The fraction of sp³-hybridized carbons (Fsp3) is 0.368. The van der Waals surface area contributed by atoms with Gasteiger partial charge in [0.05, 0.1) is 22.7 Å². The minimum atomic E-state index is -0.255. The monoisotopic (exact) mass is 400 g/mol. The van der Waals surface area contributed by atoms with E-state index in [0.717, 1.165) is 25.7 Å². The van der Waals surface area contributed by atoms with Gasteiger partial charge in [-0.05, 0) is 31.7 Å². The Labute approximate surface area is 166 Å². The van der Waals surface area contributed by atoms with Crippen LogP contribution in [0.5, 0.6) is 0 Å². The Bertz CT molecular complexity index is 1050. The van der Waals surface area contributed by atoms with E-state index >= 15 is 0 Å². The van der Waals surface area contributed by atoms with Gasteiger partial charge in [-0.25, -0.2) is 9.97 Å². The second kappa shape index (κ2) is 7.73. The molecule has 0 atom stereocenters. The van der Waals surface area contributed by atoms with Crippen LogP contribution in [0.25, 0.3) is 10.8 Å². The van der Waals surface area contributed by atoms with E-state index in [9.17, 15) is 9.90 Å². The molecule has 0 amide bonds. The highest BCUT2D eigenvalue weighted by Gasteiger charge is 2.22. The van der Waals surface area contributed by atoms with Gasteiger partial charge in [-0.3, -0.25) is 9.78 Å². The number of aryl methyl sites for hydroxylation is 1. The fourth-order valence-electron chi connectivity index (χ4n) is 3.50. The third kappa shape index (κ3) is 3.79. The Morgan fingerprint density at radius 3 is 2.71 bits per heavy atom. The van der Waals surface area contributed by atoms with Crippen molar-refractivity contribution in [1.29, 1.82) is 0 Å². The minimum Gasteiger partial charge on any atom is -0.393 e. The highest BCUT2D eigenvalue weighted by atomic mass is 35.5. The first-order valence-electron chi connectivity index (χ1n) is 9.19. The average Bonchev–Trinajstić information content (AvgIpc) is 2.68. The van der Waals surface area contributed by atoms with Crippen LogP contribution in [-0.2, 0) is 7.05 Å². The summed E-state index contributed by atoms with van der Waals surface area (Å²) in [7, 11) is 1.67. The summed E-state index contributed by atoms with van der Waals surface area (Å²) in [6, 6.07) is 1.87. The van der Waals surface area contributed by atoms with Gasteiger partial charge in [0.15, 0.2) is 0 Å². The van der Waals surface area contributed by atoms with E-state index in [1.54, 1.807) is 37.9 Å². The Kier molecular flexibility index (Phi) is 5.15. The van der Waals surface area contributed by atoms with Crippen molar-refractivity contribution in [3.05, 3.63) is 46.2 Å². The van der Waals surface area contributed by atoms with Crippen LogP contribution < -0.4 is 16.2 Å². The summed E-state index contributed by atoms with van der Waals surface area (Å²) in [4.78, 5) is 25.7. The first-order valence-corrected chi connectivity index (χ1v) is 9.56. The maximum Gasteiger partial charge on any atom is 0.262 e. The van der Waals surface area contributed by atoms with Crippen molar-refractivity contribution < 1.29 is 5.11 Å². The number of hydrogen-bond acceptors (Lipinski definition) is 7. The van der Waals surface area contributed by atoms with Gasteiger partial charge >= 0.3 is 0 Å². The van der Waals surface area contributed by atoms with E-state index < -0.39 is 0 Å². The summed E-state index contributed by atoms with van der Waals surface area (Å²) < 4.78 is 1.46. The molecule has 0 spiro atoms. The summed E-state index contributed by atoms with van der Waals surface area (Å²) in [5.41, 5.74) is -0.170.